The van der Waals surface area contributed by atoms with Crippen LogP contribution in [0, 0.1) is 11.8 Å². The lowest BCUT2D eigenvalue weighted by atomic mass is 10.1. The van der Waals surface area contributed by atoms with Crippen molar-refractivity contribution in [1.82, 2.24) is 39.2 Å². The highest BCUT2D eigenvalue weighted by molar-refractivity contribution is 5.99. The third-order valence-corrected chi connectivity index (χ3v) is 6.24. The van der Waals surface area contributed by atoms with Crippen molar-refractivity contribution >= 4 is 22.5 Å². The lowest BCUT2D eigenvalue weighted by Gasteiger charge is -2.20. The molecular formula is C29H22N8O2. The zero-order valence-electron chi connectivity index (χ0n) is 21.1. The van der Waals surface area contributed by atoms with E-state index in [9.17, 15) is 9.59 Å². The van der Waals surface area contributed by atoms with Crippen LogP contribution in [0.25, 0.3) is 22.2 Å². The van der Waals surface area contributed by atoms with E-state index in [1.807, 2.05) is 43.4 Å². The van der Waals surface area contributed by atoms with E-state index < -0.39 is 6.04 Å². The van der Waals surface area contributed by atoms with E-state index in [1.165, 1.54) is 15.3 Å². The quantitative estimate of drug-likeness (QED) is 0.362. The summed E-state index contributed by atoms with van der Waals surface area (Å²) in [5, 5.41) is 11.7. The van der Waals surface area contributed by atoms with Gasteiger partial charge in [0, 0.05) is 31.2 Å². The Morgan fingerprint density at radius 1 is 1.00 bits per heavy atom. The third-order valence-electron chi connectivity index (χ3n) is 6.24. The molecule has 4 aromatic heterocycles. The lowest BCUT2D eigenvalue weighted by Crippen LogP contribution is -2.33. The largest absolute Gasteiger partial charge is 0.342 e. The molecule has 0 saturated heterocycles. The number of fused-ring (bicyclic) bond motifs is 2. The molecule has 0 fully saturated rings. The standard InChI is InChI=1S/C29H22N8O2/c1-19(33-28(38)23-17-32-36-15-7-14-30-27(23)36)26-34-24-11-6-8-21(13-12-20-16-31-35(2)18-20)25(24)29(39)37(26)22-9-4-3-5-10-22/h3-11,14-19H,1-2H3,(H,33,38)/t19-/m0/s1. The van der Waals surface area contributed by atoms with Crippen LogP contribution in [-0.4, -0.2) is 39.8 Å². The molecule has 0 bridgehead atoms. The van der Waals surface area contributed by atoms with Gasteiger partial charge in [-0.1, -0.05) is 36.1 Å². The maximum absolute atomic E-state index is 14.1. The number of carbonyl (C=O) groups excluding carboxylic acids is 1. The average molecular weight is 515 g/mol. The normalized spacial score (nSPS) is 11.7. The summed E-state index contributed by atoms with van der Waals surface area (Å²) in [6.07, 6.45) is 8.26. The van der Waals surface area contributed by atoms with Gasteiger partial charge >= 0.3 is 0 Å². The number of nitrogens with zero attached hydrogens (tertiary/aromatic N) is 7. The number of benzene rings is 2. The van der Waals surface area contributed by atoms with E-state index in [1.54, 1.807) is 54.6 Å². The number of para-hydroxylation sites is 1. The van der Waals surface area contributed by atoms with Gasteiger partial charge in [0.25, 0.3) is 11.5 Å². The maximum Gasteiger partial charge on any atom is 0.267 e. The number of aryl methyl sites for hydroxylation is 1. The van der Waals surface area contributed by atoms with Crippen LogP contribution in [0.15, 0.2) is 90.4 Å². The van der Waals surface area contributed by atoms with Crippen molar-refractivity contribution in [3.63, 3.8) is 0 Å². The van der Waals surface area contributed by atoms with Gasteiger partial charge in [-0.15, -0.1) is 0 Å². The molecule has 0 aliphatic heterocycles. The van der Waals surface area contributed by atoms with E-state index in [2.05, 4.69) is 32.3 Å². The third kappa shape index (κ3) is 4.42. The molecule has 1 N–H and O–H groups in total. The topological polar surface area (TPSA) is 112 Å². The maximum atomic E-state index is 14.1. The molecule has 6 rings (SSSR count). The first-order chi connectivity index (χ1) is 19.0. The minimum atomic E-state index is -0.626. The summed E-state index contributed by atoms with van der Waals surface area (Å²) in [6, 6.07) is 15.7. The molecule has 1 amide bonds. The van der Waals surface area contributed by atoms with Gasteiger partial charge in [-0.05, 0) is 37.3 Å². The second-order valence-corrected chi connectivity index (χ2v) is 8.94. The van der Waals surface area contributed by atoms with Gasteiger partial charge in [0.15, 0.2) is 5.65 Å². The van der Waals surface area contributed by atoms with Crippen molar-refractivity contribution in [3.8, 4) is 17.5 Å². The number of hydrogen-bond donors (Lipinski definition) is 1. The molecule has 0 unspecified atom stereocenters. The molecule has 2 aromatic carbocycles. The highest BCUT2D eigenvalue weighted by Crippen LogP contribution is 2.21. The molecule has 10 nitrogen and oxygen atoms in total. The Balaban J connectivity index is 1.47. The van der Waals surface area contributed by atoms with Gasteiger partial charge in [0.1, 0.15) is 11.4 Å². The zero-order chi connectivity index (χ0) is 26.9. The summed E-state index contributed by atoms with van der Waals surface area (Å²) in [4.78, 5) is 36.4. The first kappa shape index (κ1) is 23.8. The average Bonchev–Trinajstić information content (AvgIpc) is 3.58. The Hall–Kier alpha value is -5.56. The number of aromatic nitrogens is 7. The van der Waals surface area contributed by atoms with Crippen LogP contribution in [0.2, 0.25) is 0 Å². The fraction of sp³-hybridized carbons (Fsp3) is 0.103. The van der Waals surface area contributed by atoms with Gasteiger partial charge in [-0.3, -0.25) is 18.8 Å². The summed E-state index contributed by atoms with van der Waals surface area (Å²) >= 11 is 0. The second kappa shape index (κ2) is 9.72. The SMILES string of the molecule is C[C@H](NC(=O)c1cnn2cccnc12)c1nc2cccc(C#Cc3cnn(C)c3)c2c(=O)n1-c1ccccc1. The van der Waals surface area contributed by atoms with E-state index >= 15 is 0 Å². The molecule has 4 heterocycles. The van der Waals surface area contributed by atoms with Crippen LogP contribution in [0.4, 0.5) is 0 Å². The molecule has 10 heteroatoms. The Morgan fingerprint density at radius 3 is 2.64 bits per heavy atom. The Morgan fingerprint density at radius 2 is 1.85 bits per heavy atom. The van der Waals surface area contributed by atoms with E-state index in [0.29, 0.717) is 39.2 Å². The summed E-state index contributed by atoms with van der Waals surface area (Å²) < 4.78 is 4.72. The predicted molar refractivity (Wildman–Crippen MR) is 145 cm³/mol. The molecule has 0 radical (unpaired) electrons. The van der Waals surface area contributed by atoms with Crippen LogP contribution in [-0.2, 0) is 7.05 Å². The fourth-order valence-electron chi connectivity index (χ4n) is 4.42. The van der Waals surface area contributed by atoms with Crippen molar-refractivity contribution in [2.24, 2.45) is 7.05 Å². The predicted octanol–water partition coefficient (Wildman–Crippen LogP) is 3.05. The Labute approximate surface area is 222 Å². The van der Waals surface area contributed by atoms with Crippen molar-refractivity contribution in [2.75, 3.05) is 0 Å². The summed E-state index contributed by atoms with van der Waals surface area (Å²) in [5.74, 6) is 6.19. The number of nitrogens with one attached hydrogen (secondary N) is 1. The molecule has 1 atom stereocenters. The van der Waals surface area contributed by atoms with Gasteiger partial charge in [0.05, 0.1) is 40.6 Å². The van der Waals surface area contributed by atoms with Gasteiger partial charge in [0.2, 0.25) is 0 Å². The molecule has 0 aliphatic carbocycles. The van der Waals surface area contributed by atoms with Crippen molar-refractivity contribution < 1.29 is 4.79 Å². The summed E-state index contributed by atoms with van der Waals surface area (Å²) in [7, 11) is 1.82. The van der Waals surface area contributed by atoms with Gasteiger partial charge < -0.3 is 5.32 Å². The molecule has 190 valence electrons. The minimum Gasteiger partial charge on any atom is -0.342 e. The van der Waals surface area contributed by atoms with E-state index in [-0.39, 0.29) is 11.5 Å². The van der Waals surface area contributed by atoms with E-state index in [4.69, 9.17) is 4.98 Å². The first-order valence-electron chi connectivity index (χ1n) is 12.2. The molecular weight excluding hydrogens is 492 g/mol. The molecule has 0 spiro atoms. The minimum absolute atomic E-state index is 0.281. The fourth-order valence-corrected chi connectivity index (χ4v) is 4.42. The number of amides is 1. The second-order valence-electron chi connectivity index (χ2n) is 8.94. The lowest BCUT2D eigenvalue weighted by molar-refractivity contribution is 0.0939. The first-order valence-corrected chi connectivity index (χ1v) is 12.2. The zero-order valence-corrected chi connectivity index (χ0v) is 21.1. The van der Waals surface area contributed by atoms with Gasteiger partial charge in [-0.2, -0.15) is 10.2 Å². The van der Waals surface area contributed by atoms with Crippen LogP contribution in [0.3, 0.4) is 0 Å². The van der Waals surface area contributed by atoms with Crippen LogP contribution >= 0.6 is 0 Å². The molecule has 39 heavy (non-hydrogen) atoms. The van der Waals surface area contributed by atoms with Gasteiger partial charge in [-0.25, -0.2) is 14.5 Å². The van der Waals surface area contributed by atoms with Crippen molar-refractivity contribution in [1.29, 1.82) is 0 Å². The molecule has 6 aromatic rings. The number of carbonyl (C=O) groups is 1. The molecule has 0 saturated carbocycles. The summed E-state index contributed by atoms with van der Waals surface area (Å²) in [6.45, 7) is 1.79. The Bertz CT molecular complexity index is 1980. The van der Waals surface area contributed by atoms with E-state index in [0.717, 1.165) is 5.56 Å². The number of rotatable bonds is 4. The number of hydrogen-bond acceptors (Lipinski definition) is 6. The smallest absolute Gasteiger partial charge is 0.267 e. The highest BCUT2D eigenvalue weighted by atomic mass is 16.2. The molecule has 0 aliphatic rings. The van der Waals surface area contributed by atoms with Crippen molar-refractivity contribution in [3.05, 3.63) is 118 Å². The highest BCUT2D eigenvalue weighted by Gasteiger charge is 2.22. The monoisotopic (exact) mass is 514 g/mol. The van der Waals surface area contributed by atoms with Crippen molar-refractivity contribution in [2.45, 2.75) is 13.0 Å². The summed E-state index contributed by atoms with van der Waals surface area (Å²) in [5.41, 5.74) is 2.88. The Kier molecular flexibility index (Phi) is 5.93. The van der Waals surface area contributed by atoms with Crippen LogP contribution < -0.4 is 10.9 Å². The van der Waals surface area contributed by atoms with Crippen LogP contribution in [0.5, 0.6) is 0 Å². The van der Waals surface area contributed by atoms with Crippen LogP contribution in [0.1, 0.15) is 40.3 Å².